The van der Waals surface area contributed by atoms with E-state index in [9.17, 15) is 41.2 Å². The Morgan fingerprint density at radius 1 is 0.960 bits per heavy atom. The monoisotopic (exact) mass is 388 g/mol. The molecule has 2 atom stereocenters. The third-order valence-corrected chi connectivity index (χ3v) is 4.18. The van der Waals surface area contributed by atoms with E-state index in [4.69, 9.17) is 10.2 Å². The van der Waals surface area contributed by atoms with Crippen molar-refractivity contribution in [2.24, 2.45) is 5.92 Å². The van der Waals surface area contributed by atoms with Crippen LogP contribution in [0.1, 0.15) is 18.4 Å². The maximum absolute atomic E-state index is 13.7. The summed E-state index contributed by atoms with van der Waals surface area (Å²) < 4.78 is 77.9. The first kappa shape index (κ1) is 20.9. The summed E-state index contributed by atoms with van der Waals surface area (Å²) in [5.74, 6) is -17.2. The quantitative estimate of drug-likeness (QED) is 0.273. The molecule has 0 spiro atoms. The zero-order chi connectivity index (χ0) is 19.5. The highest BCUT2D eigenvalue weighted by Crippen LogP contribution is 2.38. The van der Waals surface area contributed by atoms with Gasteiger partial charge in [0.15, 0.2) is 37.1 Å². The highest BCUT2D eigenvalue weighted by atomic mass is 31.1. The number of aliphatic hydroxyl groups is 1. The summed E-state index contributed by atoms with van der Waals surface area (Å²) in [6.45, 7) is 0. The number of benzene rings is 1. The molecule has 0 aliphatic carbocycles. The molecule has 1 rings (SSSR count). The van der Waals surface area contributed by atoms with Crippen molar-refractivity contribution in [3.8, 4) is 0 Å². The lowest BCUT2D eigenvalue weighted by Crippen LogP contribution is -2.40. The predicted molar refractivity (Wildman–Crippen MR) is 70.5 cm³/mol. The summed E-state index contributed by atoms with van der Waals surface area (Å²) >= 11 is 0. The van der Waals surface area contributed by atoms with Gasteiger partial charge in [0.25, 0.3) is 0 Å². The van der Waals surface area contributed by atoms with Crippen molar-refractivity contribution in [1.29, 1.82) is 0 Å². The second-order valence-electron chi connectivity index (χ2n) is 5.02. The van der Waals surface area contributed by atoms with Gasteiger partial charge in [-0.15, -0.1) is 0 Å². The van der Waals surface area contributed by atoms with Crippen LogP contribution in [0.3, 0.4) is 0 Å². The maximum Gasteiger partial charge on any atom is 0.310 e. The number of hydrogen-bond acceptors (Lipinski definition) is 4. The van der Waals surface area contributed by atoms with E-state index in [1.54, 1.807) is 0 Å². The molecule has 0 saturated heterocycles. The molecule has 6 nitrogen and oxygen atoms in total. The number of rotatable bonds is 8. The van der Waals surface area contributed by atoms with Gasteiger partial charge in [0, 0.05) is 18.4 Å². The summed E-state index contributed by atoms with van der Waals surface area (Å²) in [5.41, 5.74) is -1.57. The van der Waals surface area contributed by atoms with Gasteiger partial charge in [-0.25, -0.2) is 22.0 Å². The molecule has 12 heteroatoms. The molecule has 25 heavy (non-hydrogen) atoms. The van der Waals surface area contributed by atoms with Crippen LogP contribution in [-0.2, 0) is 20.6 Å². The average Bonchev–Trinajstić information content (AvgIpc) is 2.54. The third kappa shape index (κ3) is 4.29. The van der Waals surface area contributed by atoms with E-state index in [0.717, 1.165) is 0 Å². The van der Waals surface area contributed by atoms with Crippen LogP contribution in [-0.4, -0.2) is 32.6 Å². The Hall–Kier alpha value is -2.13. The highest BCUT2D eigenvalue weighted by molar-refractivity contribution is 7.25. The van der Waals surface area contributed by atoms with Crippen molar-refractivity contribution in [3.63, 3.8) is 0 Å². The average molecular weight is 388 g/mol. The zero-order valence-electron chi connectivity index (χ0n) is 12.1. The fourth-order valence-electron chi connectivity index (χ4n) is 2.11. The lowest BCUT2D eigenvalue weighted by atomic mass is 9.90. The molecule has 0 amide bonds. The molecule has 0 aromatic heterocycles. The lowest BCUT2D eigenvalue weighted by Gasteiger charge is -2.27. The molecule has 0 fully saturated rings. The number of aliphatic carboxylic acids is 2. The Morgan fingerprint density at radius 3 is 1.76 bits per heavy atom. The van der Waals surface area contributed by atoms with Gasteiger partial charge in [-0.2, -0.15) is 0 Å². The molecule has 3 N–H and O–H groups in total. The van der Waals surface area contributed by atoms with Crippen molar-refractivity contribution in [2.75, 3.05) is 0 Å². The first-order valence-electron chi connectivity index (χ1n) is 6.48. The molecule has 0 heterocycles. The third-order valence-electron chi connectivity index (χ3n) is 3.40. The topological polar surface area (TPSA) is 112 Å². The van der Waals surface area contributed by atoms with Crippen LogP contribution in [0.4, 0.5) is 22.0 Å². The van der Waals surface area contributed by atoms with Gasteiger partial charge in [0.2, 0.25) is 5.82 Å². The van der Waals surface area contributed by atoms with E-state index in [1.165, 1.54) is 0 Å². The standard InChI is InChI=1S/C13H10F5O6P/c14-7-4(8(15)10(17)11(18)9(7)16)3-13(23,25-24)5(12(21)22)1-2-6(19)20/h5,23H,1-3H2,(H,19,20)(H,21,22)/t5?,13-/m0/s1. The van der Waals surface area contributed by atoms with Crippen LogP contribution in [0.2, 0.25) is 0 Å². The molecule has 0 aliphatic rings. The number of carboxylic acid groups (broad SMARTS) is 2. The molecular weight excluding hydrogens is 378 g/mol. The van der Waals surface area contributed by atoms with E-state index in [0.29, 0.717) is 0 Å². The smallest absolute Gasteiger partial charge is 0.310 e. The Labute approximate surface area is 138 Å². The first-order valence-corrected chi connectivity index (χ1v) is 7.29. The summed E-state index contributed by atoms with van der Waals surface area (Å²) in [7, 11) is -1.40. The molecule has 0 radical (unpaired) electrons. The number of carboxylic acids is 2. The second kappa shape index (κ2) is 7.83. The van der Waals surface area contributed by atoms with E-state index >= 15 is 0 Å². The van der Waals surface area contributed by atoms with E-state index in [2.05, 4.69) is 0 Å². The van der Waals surface area contributed by atoms with Gasteiger partial charge < -0.3 is 15.3 Å². The first-order chi connectivity index (χ1) is 11.5. The summed E-state index contributed by atoms with van der Waals surface area (Å²) in [4.78, 5) is 21.7. The zero-order valence-corrected chi connectivity index (χ0v) is 13.0. The van der Waals surface area contributed by atoms with E-state index in [1.807, 2.05) is 0 Å². The largest absolute Gasteiger partial charge is 0.481 e. The van der Waals surface area contributed by atoms with Crippen molar-refractivity contribution >= 4 is 20.4 Å². The second-order valence-corrected chi connectivity index (χ2v) is 5.98. The van der Waals surface area contributed by atoms with Crippen molar-refractivity contribution in [2.45, 2.75) is 24.6 Å². The summed E-state index contributed by atoms with van der Waals surface area (Å²) in [6.07, 6.45) is -3.13. The number of carbonyl (C=O) groups is 2. The number of hydrogen-bond donors (Lipinski definition) is 3. The van der Waals surface area contributed by atoms with Gasteiger partial charge in [-0.3, -0.25) is 14.2 Å². The van der Waals surface area contributed by atoms with Crippen LogP contribution in [0.5, 0.6) is 0 Å². The van der Waals surface area contributed by atoms with Gasteiger partial charge in [-0.1, -0.05) is 0 Å². The van der Waals surface area contributed by atoms with E-state index < -0.39 is 85.6 Å². The molecular formula is C13H10F5O6P. The van der Waals surface area contributed by atoms with Crippen LogP contribution in [0.25, 0.3) is 0 Å². The van der Waals surface area contributed by atoms with Gasteiger partial charge in [0.05, 0.1) is 5.92 Å². The minimum absolute atomic E-state index is 0.800. The van der Waals surface area contributed by atoms with Gasteiger partial charge in [0.1, 0.15) is 0 Å². The van der Waals surface area contributed by atoms with Gasteiger partial charge in [-0.05, 0) is 6.42 Å². The van der Waals surface area contributed by atoms with Crippen LogP contribution in [0, 0.1) is 35.0 Å². The van der Waals surface area contributed by atoms with E-state index in [-0.39, 0.29) is 0 Å². The lowest BCUT2D eigenvalue weighted by molar-refractivity contribution is -0.148. The normalized spacial score (nSPS) is 15.0. The minimum Gasteiger partial charge on any atom is -0.481 e. The molecule has 0 saturated carbocycles. The molecule has 1 aromatic carbocycles. The van der Waals surface area contributed by atoms with Crippen LogP contribution >= 0.6 is 8.46 Å². The molecule has 138 valence electrons. The maximum atomic E-state index is 13.7. The van der Waals surface area contributed by atoms with Crippen LogP contribution < -0.4 is 0 Å². The Morgan fingerprint density at radius 2 is 1.40 bits per heavy atom. The molecule has 1 aromatic rings. The van der Waals surface area contributed by atoms with Crippen molar-refractivity contribution in [3.05, 3.63) is 34.6 Å². The summed E-state index contributed by atoms with van der Waals surface area (Å²) in [6, 6.07) is 0. The molecule has 0 aliphatic heterocycles. The molecule has 1 unspecified atom stereocenters. The predicted octanol–water partition coefficient (Wildman–Crippen LogP) is 2.47. The van der Waals surface area contributed by atoms with Crippen molar-refractivity contribution < 1.29 is 51.4 Å². The highest BCUT2D eigenvalue weighted by Gasteiger charge is 2.45. The Kier molecular flexibility index (Phi) is 6.55. The SMILES string of the molecule is O=P[C@@](O)(Cc1c(F)c(F)c(F)c(F)c1F)C(CCC(=O)O)C(=O)O. The fourth-order valence-corrected chi connectivity index (χ4v) is 2.69. The molecule has 0 bridgehead atoms. The minimum atomic E-state index is -3.00. The Balaban J connectivity index is 3.38. The van der Waals surface area contributed by atoms with Crippen molar-refractivity contribution in [1.82, 2.24) is 0 Å². The number of halogens is 5. The Bertz CT molecular complexity index is 698. The van der Waals surface area contributed by atoms with Gasteiger partial charge >= 0.3 is 11.9 Å². The fraction of sp³-hybridized carbons (Fsp3) is 0.385. The summed E-state index contributed by atoms with van der Waals surface area (Å²) in [5, 5.41) is 24.7. The van der Waals surface area contributed by atoms with Crippen LogP contribution in [0.15, 0.2) is 0 Å².